The van der Waals surface area contributed by atoms with Gasteiger partial charge in [0.2, 0.25) is 0 Å². The average molecular weight is 249 g/mol. The molecule has 0 radical (unpaired) electrons. The zero-order valence-corrected chi connectivity index (χ0v) is 11.2. The molecular formula is C14H23N3O. The number of nitrogens with zero attached hydrogens (tertiary/aromatic N) is 2. The standard InChI is InChI=1S/C14H23N3O/c1-2-15-11-14(18)10-12-8-9-17(16-12)13-6-4-3-5-7-13/h8-9,13,15H,2-7,10-11H2,1H3. The van der Waals surface area contributed by atoms with E-state index in [1.807, 2.05) is 19.2 Å². The smallest absolute Gasteiger partial charge is 0.152 e. The van der Waals surface area contributed by atoms with Gasteiger partial charge in [-0.3, -0.25) is 9.48 Å². The Balaban J connectivity index is 1.87. The summed E-state index contributed by atoms with van der Waals surface area (Å²) in [5.74, 6) is 0.214. The first-order valence-electron chi connectivity index (χ1n) is 7.06. The molecule has 1 N–H and O–H groups in total. The summed E-state index contributed by atoms with van der Waals surface area (Å²) < 4.78 is 2.06. The van der Waals surface area contributed by atoms with E-state index in [9.17, 15) is 4.79 Å². The highest BCUT2D eigenvalue weighted by molar-refractivity contribution is 5.82. The van der Waals surface area contributed by atoms with Gasteiger partial charge in [0.1, 0.15) is 0 Å². The molecule has 1 aromatic heterocycles. The van der Waals surface area contributed by atoms with Crippen LogP contribution in [0.2, 0.25) is 0 Å². The first-order chi connectivity index (χ1) is 8.79. The fraction of sp³-hybridized carbons (Fsp3) is 0.714. The number of hydrogen-bond donors (Lipinski definition) is 1. The van der Waals surface area contributed by atoms with Crippen LogP contribution in [0.5, 0.6) is 0 Å². The third-order valence-electron chi connectivity index (χ3n) is 3.56. The van der Waals surface area contributed by atoms with E-state index < -0.39 is 0 Å². The second-order valence-electron chi connectivity index (χ2n) is 5.07. The molecule has 0 atom stereocenters. The Morgan fingerprint density at radius 1 is 1.44 bits per heavy atom. The van der Waals surface area contributed by atoms with Gasteiger partial charge in [0.05, 0.1) is 24.7 Å². The van der Waals surface area contributed by atoms with Crippen molar-refractivity contribution in [3.63, 3.8) is 0 Å². The maximum absolute atomic E-state index is 11.6. The molecule has 4 nitrogen and oxygen atoms in total. The number of rotatable bonds is 6. The van der Waals surface area contributed by atoms with E-state index in [0.29, 0.717) is 19.0 Å². The molecule has 18 heavy (non-hydrogen) atoms. The lowest BCUT2D eigenvalue weighted by molar-refractivity contribution is -0.117. The van der Waals surface area contributed by atoms with Gasteiger partial charge >= 0.3 is 0 Å². The lowest BCUT2D eigenvalue weighted by Crippen LogP contribution is -2.24. The largest absolute Gasteiger partial charge is 0.310 e. The second kappa shape index (κ2) is 6.69. The third kappa shape index (κ3) is 3.67. The second-order valence-corrected chi connectivity index (χ2v) is 5.07. The van der Waals surface area contributed by atoms with Crippen molar-refractivity contribution in [1.82, 2.24) is 15.1 Å². The van der Waals surface area contributed by atoms with Crippen molar-refractivity contribution in [2.75, 3.05) is 13.1 Å². The van der Waals surface area contributed by atoms with Gasteiger partial charge in [-0.25, -0.2) is 0 Å². The number of nitrogens with one attached hydrogen (secondary N) is 1. The Morgan fingerprint density at radius 3 is 2.94 bits per heavy atom. The lowest BCUT2D eigenvalue weighted by Gasteiger charge is -2.21. The van der Waals surface area contributed by atoms with Crippen molar-refractivity contribution >= 4 is 5.78 Å². The monoisotopic (exact) mass is 249 g/mol. The van der Waals surface area contributed by atoms with Crippen molar-refractivity contribution < 1.29 is 4.79 Å². The van der Waals surface area contributed by atoms with E-state index in [0.717, 1.165) is 12.2 Å². The summed E-state index contributed by atoms with van der Waals surface area (Å²) in [5.41, 5.74) is 0.906. The number of ketones is 1. The van der Waals surface area contributed by atoms with Crippen LogP contribution < -0.4 is 5.32 Å². The van der Waals surface area contributed by atoms with E-state index in [-0.39, 0.29) is 5.78 Å². The molecule has 0 unspecified atom stereocenters. The van der Waals surface area contributed by atoms with Gasteiger partial charge in [-0.15, -0.1) is 0 Å². The van der Waals surface area contributed by atoms with Gasteiger partial charge in [-0.05, 0) is 25.5 Å². The van der Waals surface area contributed by atoms with Crippen LogP contribution in [0, 0.1) is 0 Å². The van der Waals surface area contributed by atoms with Gasteiger partial charge in [-0.2, -0.15) is 5.10 Å². The van der Waals surface area contributed by atoms with E-state index >= 15 is 0 Å². The molecule has 0 aliphatic heterocycles. The van der Waals surface area contributed by atoms with Crippen LogP contribution in [-0.4, -0.2) is 28.7 Å². The highest BCUT2D eigenvalue weighted by Crippen LogP contribution is 2.27. The zero-order valence-electron chi connectivity index (χ0n) is 11.2. The fourth-order valence-corrected chi connectivity index (χ4v) is 2.55. The molecule has 1 heterocycles. The zero-order chi connectivity index (χ0) is 12.8. The molecule has 1 fully saturated rings. The summed E-state index contributed by atoms with van der Waals surface area (Å²) in [4.78, 5) is 11.6. The molecule has 0 saturated heterocycles. The number of aromatic nitrogens is 2. The van der Waals surface area contributed by atoms with Crippen LogP contribution in [0.3, 0.4) is 0 Å². The number of Topliss-reactive ketones (excluding diaryl/α,β-unsaturated/α-hetero) is 1. The molecule has 0 bridgehead atoms. The minimum Gasteiger partial charge on any atom is -0.310 e. The van der Waals surface area contributed by atoms with Crippen LogP contribution >= 0.6 is 0 Å². The Kier molecular flexibility index (Phi) is 4.93. The average Bonchev–Trinajstić information content (AvgIpc) is 2.86. The summed E-state index contributed by atoms with van der Waals surface area (Å²) in [6.45, 7) is 3.29. The summed E-state index contributed by atoms with van der Waals surface area (Å²) in [6.07, 6.45) is 8.90. The topological polar surface area (TPSA) is 46.9 Å². The van der Waals surface area contributed by atoms with E-state index in [1.165, 1.54) is 32.1 Å². The van der Waals surface area contributed by atoms with Gasteiger partial charge < -0.3 is 5.32 Å². The first-order valence-corrected chi connectivity index (χ1v) is 7.06. The molecule has 2 rings (SSSR count). The quantitative estimate of drug-likeness (QED) is 0.840. The molecule has 1 aliphatic carbocycles. The van der Waals surface area contributed by atoms with Crippen molar-refractivity contribution in [1.29, 1.82) is 0 Å². The minimum atomic E-state index is 0.214. The van der Waals surface area contributed by atoms with E-state index in [4.69, 9.17) is 0 Å². The molecule has 1 saturated carbocycles. The van der Waals surface area contributed by atoms with Crippen LogP contribution in [0.15, 0.2) is 12.3 Å². The van der Waals surface area contributed by atoms with Crippen molar-refractivity contribution in [3.05, 3.63) is 18.0 Å². The van der Waals surface area contributed by atoms with Crippen LogP contribution in [0.25, 0.3) is 0 Å². The molecular weight excluding hydrogens is 226 g/mol. The van der Waals surface area contributed by atoms with Crippen molar-refractivity contribution in [3.8, 4) is 0 Å². The van der Waals surface area contributed by atoms with Crippen molar-refractivity contribution in [2.45, 2.75) is 51.5 Å². The van der Waals surface area contributed by atoms with Crippen LogP contribution in [0.4, 0.5) is 0 Å². The summed E-state index contributed by atoms with van der Waals surface area (Å²) in [7, 11) is 0. The van der Waals surface area contributed by atoms with E-state index in [1.54, 1.807) is 0 Å². The fourth-order valence-electron chi connectivity index (χ4n) is 2.55. The summed E-state index contributed by atoms with van der Waals surface area (Å²) in [6, 6.07) is 2.54. The van der Waals surface area contributed by atoms with Gasteiger partial charge in [0, 0.05) is 6.20 Å². The molecule has 0 aromatic carbocycles. The maximum atomic E-state index is 11.6. The maximum Gasteiger partial charge on any atom is 0.152 e. The molecule has 0 amide bonds. The highest BCUT2D eigenvalue weighted by atomic mass is 16.1. The predicted molar refractivity (Wildman–Crippen MR) is 71.6 cm³/mol. The Hall–Kier alpha value is -1.16. The third-order valence-corrected chi connectivity index (χ3v) is 3.56. The highest BCUT2D eigenvalue weighted by Gasteiger charge is 2.16. The number of likely N-dealkylation sites (N-methyl/N-ethyl adjacent to an activating group) is 1. The van der Waals surface area contributed by atoms with Crippen LogP contribution in [-0.2, 0) is 11.2 Å². The molecule has 100 valence electrons. The number of carbonyl (C=O) groups is 1. The van der Waals surface area contributed by atoms with Crippen molar-refractivity contribution in [2.24, 2.45) is 0 Å². The van der Waals surface area contributed by atoms with Gasteiger partial charge in [0.25, 0.3) is 0 Å². The summed E-state index contributed by atoms with van der Waals surface area (Å²) >= 11 is 0. The molecule has 4 heteroatoms. The normalized spacial score (nSPS) is 16.9. The Morgan fingerprint density at radius 2 is 2.22 bits per heavy atom. The first kappa shape index (κ1) is 13.3. The number of hydrogen-bond acceptors (Lipinski definition) is 3. The SMILES string of the molecule is CCNCC(=O)Cc1ccn(C2CCCCC2)n1. The lowest BCUT2D eigenvalue weighted by atomic mass is 9.96. The Labute approximate surface area is 109 Å². The van der Waals surface area contributed by atoms with Crippen LogP contribution in [0.1, 0.15) is 50.8 Å². The summed E-state index contributed by atoms with van der Waals surface area (Å²) in [5, 5.41) is 7.60. The molecule has 0 spiro atoms. The van der Waals surface area contributed by atoms with Gasteiger partial charge in [-0.1, -0.05) is 26.2 Å². The molecule has 1 aromatic rings. The van der Waals surface area contributed by atoms with E-state index in [2.05, 4.69) is 15.1 Å². The number of carbonyl (C=O) groups excluding carboxylic acids is 1. The van der Waals surface area contributed by atoms with Gasteiger partial charge in [0.15, 0.2) is 5.78 Å². The minimum absolute atomic E-state index is 0.214. The molecule has 1 aliphatic rings. The predicted octanol–water partition coefficient (Wildman–Crippen LogP) is 2.11. The Bertz CT molecular complexity index is 380.